The average Bonchev–Trinajstić information content (AvgIpc) is 2.88. The number of rotatable bonds is 8. The minimum absolute atomic E-state index is 0.167. The third-order valence-electron chi connectivity index (χ3n) is 6.58. The van der Waals surface area contributed by atoms with Gasteiger partial charge in [0.15, 0.2) is 0 Å². The van der Waals surface area contributed by atoms with Crippen LogP contribution in [-0.4, -0.2) is 24.0 Å². The minimum atomic E-state index is -0.874. The molecule has 2 heterocycles. The van der Waals surface area contributed by atoms with E-state index in [0.29, 0.717) is 5.92 Å². The van der Waals surface area contributed by atoms with Crippen molar-refractivity contribution in [3.63, 3.8) is 0 Å². The predicted molar refractivity (Wildman–Crippen MR) is 128 cm³/mol. The van der Waals surface area contributed by atoms with E-state index in [4.69, 9.17) is 0 Å². The molecular weight excluding hydrogens is 417 g/mol. The third kappa shape index (κ3) is 5.40. The van der Waals surface area contributed by atoms with Crippen LogP contribution >= 0.6 is 0 Å². The molecule has 1 aliphatic rings. The highest BCUT2D eigenvalue weighted by Crippen LogP contribution is 2.32. The number of carbonyl (C=O) groups is 1. The van der Waals surface area contributed by atoms with Gasteiger partial charge < -0.3 is 10.6 Å². The normalized spacial score (nSPS) is 17.8. The molecule has 0 aliphatic carbocycles. The molecule has 1 unspecified atom stereocenters. The number of hydrogen-bond donors (Lipinski definition) is 2. The van der Waals surface area contributed by atoms with Gasteiger partial charge in [-0.05, 0) is 48.1 Å². The van der Waals surface area contributed by atoms with Crippen LogP contribution in [0, 0.1) is 5.92 Å². The molecule has 2 aromatic carbocycles. The Labute approximate surface area is 194 Å². The van der Waals surface area contributed by atoms with Crippen LogP contribution in [0.4, 0.5) is 10.2 Å². The Morgan fingerprint density at radius 2 is 1.85 bits per heavy atom. The fourth-order valence-electron chi connectivity index (χ4n) is 4.54. The molecule has 0 saturated heterocycles. The lowest BCUT2D eigenvalue weighted by molar-refractivity contribution is -0.185. The summed E-state index contributed by atoms with van der Waals surface area (Å²) in [6.07, 6.45) is 2.76. The molecule has 3 aromatic rings. The van der Waals surface area contributed by atoms with Crippen molar-refractivity contribution in [3.8, 4) is 0 Å². The molecule has 0 bridgehead atoms. The third-order valence-corrected chi connectivity index (χ3v) is 6.58. The van der Waals surface area contributed by atoms with E-state index in [9.17, 15) is 9.32 Å². The van der Waals surface area contributed by atoms with Crippen LogP contribution in [0.5, 0.6) is 0 Å². The van der Waals surface area contributed by atoms with Crippen molar-refractivity contribution >= 4 is 11.7 Å². The first-order valence-corrected chi connectivity index (χ1v) is 11.4. The lowest BCUT2D eigenvalue weighted by atomic mass is 9.86. The number of carbonyl (C=O) groups excluding carboxylic acids is 1. The molecule has 0 spiro atoms. The van der Waals surface area contributed by atoms with E-state index in [1.165, 1.54) is 5.56 Å². The highest BCUT2D eigenvalue weighted by Gasteiger charge is 2.28. The van der Waals surface area contributed by atoms with E-state index >= 15 is 0 Å². The van der Waals surface area contributed by atoms with Crippen molar-refractivity contribution in [2.75, 3.05) is 18.4 Å². The Kier molecular flexibility index (Phi) is 7.35. The summed E-state index contributed by atoms with van der Waals surface area (Å²) >= 11 is 0. The minimum Gasteiger partial charge on any atom is -0.383 e. The quantitative estimate of drug-likeness (QED) is 0.489. The number of pyridine rings is 1. The Hall–Kier alpha value is -3.25. The summed E-state index contributed by atoms with van der Waals surface area (Å²) in [5, 5.41) is 7.34. The van der Waals surface area contributed by atoms with Gasteiger partial charge in [0.2, 0.25) is 0 Å². The van der Waals surface area contributed by atoms with E-state index in [-0.39, 0.29) is 12.0 Å². The zero-order chi connectivity index (χ0) is 23.2. The van der Waals surface area contributed by atoms with E-state index in [1.54, 1.807) is 6.92 Å². The maximum Gasteiger partial charge on any atom is 0.355 e. The molecule has 0 amide bonds. The second-order valence-electron chi connectivity index (χ2n) is 8.83. The Morgan fingerprint density at radius 3 is 2.64 bits per heavy atom. The summed E-state index contributed by atoms with van der Waals surface area (Å²) in [6.45, 7) is 5.44. The molecule has 1 aromatic heterocycles. The largest absolute Gasteiger partial charge is 0.383 e. The lowest BCUT2D eigenvalue weighted by Crippen LogP contribution is -2.37. The van der Waals surface area contributed by atoms with Crippen LogP contribution in [0.2, 0.25) is 0 Å². The van der Waals surface area contributed by atoms with Crippen molar-refractivity contribution in [3.05, 3.63) is 95.3 Å². The van der Waals surface area contributed by atoms with Gasteiger partial charge in [-0.1, -0.05) is 61.5 Å². The van der Waals surface area contributed by atoms with Crippen LogP contribution in [0.3, 0.4) is 0 Å². The van der Waals surface area contributed by atoms with Crippen LogP contribution in [0.1, 0.15) is 54.1 Å². The molecule has 1 aliphatic heterocycles. The van der Waals surface area contributed by atoms with Crippen molar-refractivity contribution in [1.82, 2.24) is 10.3 Å². The van der Waals surface area contributed by atoms with Crippen molar-refractivity contribution in [2.45, 2.75) is 38.1 Å². The number of nitrogens with one attached hydrogen (secondary N) is 2. The van der Waals surface area contributed by atoms with E-state index in [2.05, 4.69) is 57.8 Å². The van der Waals surface area contributed by atoms with Gasteiger partial charge in [0.05, 0.1) is 17.3 Å². The Balaban J connectivity index is 1.49. The number of hydrogen-bond acceptors (Lipinski definition) is 5. The van der Waals surface area contributed by atoms with Crippen LogP contribution in [0.25, 0.3) is 0 Å². The van der Waals surface area contributed by atoms with E-state index in [1.807, 2.05) is 42.6 Å². The molecule has 4 rings (SSSR count). The summed E-state index contributed by atoms with van der Waals surface area (Å²) in [4.78, 5) is 19.6. The molecule has 4 atom stereocenters. The number of anilines is 1. The molecule has 0 fully saturated rings. The van der Waals surface area contributed by atoms with Crippen LogP contribution < -0.4 is 10.6 Å². The van der Waals surface area contributed by atoms with Crippen molar-refractivity contribution < 1.29 is 14.3 Å². The number of aromatic nitrogens is 1. The van der Waals surface area contributed by atoms with E-state index < -0.39 is 11.9 Å². The fraction of sp³-hybridized carbons (Fsp3) is 0.333. The first-order chi connectivity index (χ1) is 16.1. The molecule has 5 nitrogen and oxygen atoms in total. The first kappa shape index (κ1) is 22.9. The topological polar surface area (TPSA) is 63.2 Å². The SMILES string of the molecule is CC(CN[C@H](c1ccccc1)[C@H]1CNc2cccnc2C1)c1cccc([C@H](C)C(=O)OF)c1. The highest BCUT2D eigenvalue weighted by atomic mass is 19.3. The number of benzene rings is 2. The van der Waals surface area contributed by atoms with E-state index in [0.717, 1.165) is 42.0 Å². The van der Waals surface area contributed by atoms with Gasteiger partial charge in [-0.25, -0.2) is 4.79 Å². The predicted octanol–water partition coefficient (Wildman–Crippen LogP) is 5.33. The van der Waals surface area contributed by atoms with Gasteiger partial charge in [0.1, 0.15) is 0 Å². The zero-order valence-corrected chi connectivity index (χ0v) is 19.0. The summed E-state index contributed by atoms with van der Waals surface area (Å²) < 4.78 is 12.4. The zero-order valence-electron chi connectivity index (χ0n) is 19.0. The highest BCUT2D eigenvalue weighted by molar-refractivity contribution is 5.77. The molecule has 172 valence electrons. The Morgan fingerprint density at radius 1 is 1.09 bits per heavy atom. The smallest absolute Gasteiger partial charge is 0.355 e. The van der Waals surface area contributed by atoms with Crippen molar-refractivity contribution in [1.29, 1.82) is 0 Å². The summed E-state index contributed by atoms with van der Waals surface area (Å²) in [5.41, 5.74) is 5.32. The molecule has 6 heteroatoms. The van der Waals surface area contributed by atoms with Crippen LogP contribution in [-0.2, 0) is 16.2 Å². The average molecular weight is 448 g/mol. The molecule has 2 N–H and O–H groups in total. The monoisotopic (exact) mass is 447 g/mol. The second-order valence-corrected chi connectivity index (χ2v) is 8.83. The van der Waals surface area contributed by atoms with Gasteiger partial charge in [0.25, 0.3) is 0 Å². The standard InChI is InChI=1S/C27H30FN3O2/c1-18(21-10-6-11-22(14-21)19(2)27(32)33-28)16-31-26(20-8-4-3-5-9-20)23-15-25-24(30-17-23)12-7-13-29-25/h3-14,18-19,23,26,30-31H,15-17H2,1-2H3/t18?,19-,23+,26+/m0/s1. The fourth-order valence-corrected chi connectivity index (χ4v) is 4.54. The maximum absolute atomic E-state index is 12.4. The summed E-state index contributed by atoms with van der Waals surface area (Å²) in [6, 6.07) is 22.5. The summed E-state index contributed by atoms with van der Waals surface area (Å²) in [7, 11) is 0. The summed E-state index contributed by atoms with van der Waals surface area (Å²) in [5.74, 6) is -0.965. The number of halogens is 1. The maximum atomic E-state index is 12.4. The molecule has 0 saturated carbocycles. The van der Waals surface area contributed by atoms with Gasteiger partial charge in [-0.2, -0.15) is 0 Å². The van der Waals surface area contributed by atoms with Gasteiger partial charge in [-0.3, -0.25) is 9.93 Å². The second kappa shape index (κ2) is 10.6. The molecular formula is C27H30FN3O2. The van der Waals surface area contributed by atoms with Gasteiger partial charge in [-0.15, -0.1) is 0 Å². The number of fused-ring (bicyclic) bond motifs is 1. The van der Waals surface area contributed by atoms with Crippen molar-refractivity contribution in [2.24, 2.45) is 5.92 Å². The number of nitrogens with zero attached hydrogens (tertiary/aromatic N) is 1. The van der Waals surface area contributed by atoms with Crippen LogP contribution in [0.15, 0.2) is 72.9 Å². The Bertz CT molecular complexity index is 1080. The molecule has 33 heavy (non-hydrogen) atoms. The van der Waals surface area contributed by atoms with Gasteiger partial charge >= 0.3 is 5.97 Å². The lowest BCUT2D eigenvalue weighted by Gasteiger charge is -2.33. The molecule has 0 radical (unpaired) electrons. The van der Waals surface area contributed by atoms with Gasteiger partial charge in [0, 0.05) is 35.8 Å². The first-order valence-electron chi connectivity index (χ1n) is 11.4.